The molecule has 6 rings (SSSR count). The first-order valence-corrected chi connectivity index (χ1v) is 14.8. The molecule has 0 amide bonds. The fraction of sp³-hybridized carbons (Fsp3) is 0.290. The highest BCUT2D eigenvalue weighted by atomic mass is 32.3. The number of fused-ring (bicyclic) bond motifs is 4. The molecule has 0 atom stereocenters. The number of hydrogen-bond acceptors (Lipinski definition) is 5. The van der Waals surface area contributed by atoms with Crippen LogP contribution in [0.2, 0.25) is 0 Å². The van der Waals surface area contributed by atoms with Gasteiger partial charge in [0.1, 0.15) is 11.4 Å². The Labute approximate surface area is 231 Å². The van der Waals surface area contributed by atoms with Gasteiger partial charge in [-0.3, -0.25) is 4.79 Å². The van der Waals surface area contributed by atoms with Gasteiger partial charge in [0, 0.05) is 22.5 Å². The topological polar surface area (TPSA) is 105 Å². The second-order valence-electron chi connectivity index (χ2n) is 10.9. The smallest absolute Gasteiger partial charge is 0.332 e. The zero-order valence-electron chi connectivity index (χ0n) is 22.2. The third-order valence-corrected chi connectivity index (χ3v) is 8.48. The van der Waals surface area contributed by atoms with E-state index in [9.17, 15) is 22.4 Å². The van der Waals surface area contributed by atoms with Crippen molar-refractivity contribution in [2.75, 3.05) is 6.61 Å². The van der Waals surface area contributed by atoms with Crippen molar-refractivity contribution in [1.29, 1.82) is 5.26 Å². The van der Waals surface area contributed by atoms with Crippen molar-refractivity contribution in [3.8, 4) is 22.9 Å². The van der Waals surface area contributed by atoms with Gasteiger partial charge in [0.05, 0.1) is 39.4 Å². The van der Waals surface area contributed by atoms with Crippen molar-refractivity contribution in [3.63, 3.8) is 0 Å². The summed E-state index contributed by atoms with van der Waals surface area (Å²) in [7, 11) is -4.92. The van der Waals surface area contributed by atoms with Crippen LogP contribution in [0.5, 0.6) is 5.75 Å². The van der Waals surface area contributed by atoms with E-state index in [1.165, 1.54) is 18.2 Å². The van der Waals surface area contributed by atoms with Gasteiger partial charge in [-0.2, -0.15) is 13.7 Å². The number of benzene rings is 3. The minimum Gasteiger partial charge on any atom is -0.493 e. The summed E-state index contributed by atoms with van der Waals surface area (Å²) < 4.78 is 45.7. The summed E-state index contributed by atoms with van der Waals surface area (Å²) in [5, 5.41) is 11.2. The highest BCUT2D eigenvalue weighted by Crippen LogP contribution is 2.40. The lowest BCUT2D eigenvalue weighted by atomic mass is 10.00. The highest BCUT2D eigenvalue weighted by molar-refractivity contribution is 7.86. The van der Waals surface area contributed by atoms with Gasteiger partial charge < -0.3 is 14.3 Å². The first-order chi connectivity index (χ1) is 19.2. The van der Waals surface area contributed by atoms with Crippen LogP contribution in [-0.4, -0.2) is 24.6 Å². The van der Waals surface area contributed by atoms with E-state index in [-0.39, 0.29) is 17.4 Å². The van der Waals surface area contributed by atoms with E-state index in [1.807, 2.05) is 26.0 Å². The standard InChI is InChI=1S/C31H28FN3O4S/c1-18(2)17-39-28-15-25-27(14-24(28)20-6-5-9-22(13-20)40(32,37)38)35(21-7-3-4-8-21)31-29(30(25)36)23-11-10-19(16-33)12-26(23)34-31/h5-6,9-15,18,21,34H,3-4,7-8,17H2,1-2H3. The van der Waals surface area contributed by atoms with Gasteiger partial charge in [-0.1, -0.05) is 44.9 Å². The number of aromatic amines is 1. The third kappa shape index (κ3) is 4.42. The molecule has 5 aromatic rings. The first kappa shape index (κ1) is 26.1. The molecule has 2 aromatic heterocycles. The molecule has 204 valence electrons. The molecule has 0 radical (unpaired) electrons. The van der Waals surface area contributed by atoms with E-state index in [1.54, 1.807) is 24.3 Å². The van der Waals surface area contributed by atoms with E-state index in [0.29, 0.717) is 56.5 Å². The highest BCUT2D eigenvalue weighted by Gasteiger charge is 2.26. The Morgan fingerprint density at radius 3 is 2.58 bits per heavy atom. The van der Waals surface area contributed by atoms with Gasteiger partial charge >= 0.3 is 10.2 Å². The molecule has 0 aliphatic heterocycles. The van der Waals surface area contributed by atoms with Crippen LogP contribution in [0.1, 0.15) is 51.1 Å². The molecule has 1 fully saturated rings. The monoisotopic (exact) mass is 557 g/mol. The lowest BCUT2D eigenvalue weighted by Crippen LogP contribution is -2.15. The summed E-state index contributed by atoms with van der Waals surface area (Å²) in [5.41, 5.74) is 3.49. The number of halogens is 1. The normalized spacial score (nSPS) is 14.5. The number of nitrogens with one attached hydrogen (secondary N) is 1. The van der Waals surface area contributed by atoms with Crippen molar-refractivity contribution in [2.45, 2.75) is 50.5 Å². The molecular weight excluding hydrogens is 529 g/mol. The molecule has 0 spiro atoms. The molecule has 0 bridgehead atoms. The van der Waals surface area contributed by atoms with Crippen molar-refractivity contribution in [1.82, 2.24) is 9.55 Å². The summed E-state index contributed by atoms with van der Waals surface area (Å²) in [4.78, 5) is 17.1. The van der Waals surface area contributed by atoms with Crippen molar-refractivity contribution < 1.29 is 17.0 Å². The summed E-state index contributed by atoms with van der Waals surface area (Å²) in [6, 6.07) is 16.9. The van der Waals surface area contributed by atoms with Crippen LogP contribution in [0.4, 0.5) is 3.89 Å². The Bertz CT molecular complexity index is 2010. The van der Waals surface area contributed by atoms with Crippen LogP contribution >= 0.6 is 0 Å². The minimum absolute atomic E-state index is 0.141. The molecule has 1 N–H and O–H groups in total. The summed E-state index contributed by atoms with van der Waals surface area (Å²) in [6.07, 6.45) is 4.03. The molecular formula is C31H28FN3O4S. The second-order valence-corrected chi connectivity index (χ2v) is 12.2. The molecule has 2 heterocycles. The lowest BCUT2D eigenvalue weighted by Gasteiger charge is -2.22. The fourth-order valence-corrected chi connectivity index (χ4v) is 6.34. The van der Waals surface area contributed by atoms with Gasteiger partial charge in [0.15, 0.2) is 5.43 Å². The molecule has 7 nitrogen and oxygen atoms in total. The number of nitrogens with zero attached hydrogens (tertiary/aromatic N) is 2. The third-order valence-electron chi connectivity index (χ3n) is 7.67. The van der Waals surface area contributed by atoms with Crippen molar-refractivity contribution >= 4 is 43.1 Å². The Morgan fingerprint density at radius 2 is 1.88 bits per heavy atom. The van der Waals surface area contributed by atoms with Crippen LogP contribution in [0.25, 0.3) is 44.0 Å². The Kier molecular flexibility index (Phi) is 6.38. The van der Waals surface area contributed by atoms with Crippen LogP contribution in [-0.2, 0) is 10.2 Å². The summed E-state index contributed by atoms with van der Waals surface area (Å²) >= 11 is 0. The van der Waals surface area contributed by atoms with Crippen LogP contribution < -0.4 is 10.2 Å². The Morgan fingerprint density at radius 1 is 1.10 bits per heavy atom. The summed E-state index contributed by atoms with van der Waals surface area (Å²) in [6.45, 7) is 4.40. The Balaban J connectivity index is 1.73. The lowest BCUT2D eigenvalue weighted by molar-refractivity contribution is 0.272. The zero-order valence-corrected chi connectivity index (χ0v) is 23.0. The molecule has 3 aromatic carbocycles. The van der Waals surface area contributed by atoms with Crippen molar-refractivity contribution in [3.05, 3.63) is 70.4 Å². The van der Waals surface area contributed by atoms with Crippen LogP contribution in [0.3, 0.4) is 0 Å². The molecule has 1 aliphatic carbocycles. The van der Waals surface area contributed by atoms with E-state index < -0.39 is 15.1 Å². The van der Waals surface area contributed by atoms with E-state index in [4.69, 9.17) is 4.74 Å². The minimum atomic E-state index is -4.92. The first-order valence-electron chi connectivity index (χ1n) is 13.4. The van der Waals surface area contributed by atoms with E-state index in [0.717, 1.165) is 31.1 Å². The number of H-pyrrole nitrogens is 1. The molecule has 0 saturated heterocycles. The van der Waals surface area contributed by atoms with Gasteiger partial charge in [-0.05, 0) is 60.7 Å². The van der Waals surface area contributed by atoms with Gasteiger partial charge in [-0.15, -0.1) is 3.89 Å². The maximum atomic E-state index is 14.1. The number of ether oxygens (including phenoxy) is 1. The predicted molar refractivity (Wildman–Crippen MR) is 154 cm³/mol. The number of hydrogen-bond donors (Lipinski definition) is 1. The fourth-order valence-electron chi connectivity index (χ4n) is 5.83. The molecule has 9 heteroatoms. The van der Waals surface area contributed by atoms with E-state index >= 15 is 0 Å². The van der Waals surface area contributed by atoms with Gasteiger partial charge in [0.2, 0.25) is 0 Å². The van der Waals surface area contributed by atoms with Crippen LogP contribution in [0.15, 0.2) is 64.3 Å². The molecule has 40 heavy (non-hydrogen) atoms. The molecule has 0 unspecified atom stereocenters. The number of aromatic nitrogens is 2. The average Bonchev–Trinajstić information content (AvgIpc) is 3.59. The molecule has 1 aliphatic rings. The summed E-state index contributed by atoms with van der Waals surface area (Å²) in [5.74, 6) is 0.623. The molecule has 1 saturated carbocycles. The van der Waals surface area contributed by atoms with Gasteiger partial charge in [-0.25, -0.2) is 0 Å². The largest absolute Gasteiger partial charge is 0.493 e. The average molecular weight is 558 g/mol. The number of rotatable bonds is 6. The number of pyridine rings is 1. The maximum absolute atomic E-state index is 14.1. The number of nitriles is 1. The SMILES string of the molecule is CC(C)COc1cc2c(=O)c3c4ccc(C#N)cc4[nH]c3n(C3CCCC3)c2cc1-c1cccc(S(=O)(=O)F)c1. The zero-order chi connectivity index (χ0) is 28.2. The predicted octanol–water partition coefficient (Wildman–Crippen LogP) is 6.98. The quantitative estimate of drug-likeness (QED) is 0.227. The van der Waals surface area contributed by atoms with Gasteiger partial charge in [0.25, 0.3) is 0 Å². The van der Waals surface area contributed by atoms with E-state index in [2.05, 4.69) is 15.6 Å². The van der Waals surface area contributed by atoms with Crippen molar-refractivity contribution in [2.24, 2.45) is 5.92 Å². The second kappa shape index (κ2) is 9.79. The Hall–Kier alpha value is -4.16. The van der Waals surface area contributed by atoms with Crippen LogP contribution in [0, 0.1) is 17.2 Å². The maximum Gasteiger partial charge on any atom is 0.332 e.